The first-order chi connectivity index (χ1) is 11.6. The van der Waals surface area contributed by atoms with Crippen LogP contribution >= 0.6 is 11.3 Å². The number of ether oxygens (including phenoxy) is 1. The quantitative estimate of drug-likeness (QED) is 0.887. The molecule has 3 atom stereocenters. The van der Waals surface area contributed by atoms with Gasteiger partial charge in [-0.15, -0.1) is 11.3 Å². The van der Waals surface area contributed by atoms with Crippen molar-refractivity contribution in [3.8, 4) is 0 Å². The Kier molecular flexibility index (Phi) is 4.62. The van der Waals surface area contributed by atoms with E-state index in [1.165, 1.54) is 17.8 Å². The van der Waals surface area contributed by atoms with Crippen molar-refractivity contribution >= 4 is 17.2 Å². The smallest absolute Gasteiger partial charge is 0.249 e. The van der Waals surface area contributed by atoms with E-state index in [-0.39, 0.29) is 17.6 Å². The zero-order chi connectivity index (χ0) is 16.6. The highest BCUT2D eigenvalue weighted by Gasteiger charge is 2.48. The molecule has 3 fully saturated rings. The fraction of sp³-hybridized carbons (Fsp3) is 0.778. The molecule has 0 unspecified atom stereocenters. The Bertz CT molecular complexity index is 575. The highest BCUT2D eigenvalue weighted by molar-refractivity contribution is 7.09. The number of aromatic nitrogens is 1. The molecule has 5 nitrogen and oxygen atoms in total. The first-order valence-electron chi connectivity index (χ1n) is 9.21. The highest BCUT2D eigenvalue weighted by atomic mass is 32.1. The normalized spacial score (nSPS) is 33.9. The van der Waals surface area contributed by atoms with E-state index < -0.39 is 0 Å². The second-order valence-corrected chi connectivity index (χ2v) is 8.69. The van der Waals surface area contributed by atoms with Crippen molar-refractivity contribution in [2.75, 3.05) is 19.6 Å². The topological polar surface area (TPSA) is 54.5 Å². The number of piperidine rings is 1. The molecule has 1 aliphatic carbocycles. The van der Waals surface area contributed by atoms with Gasteiger partial charge >= 0.3 is 0 Å². The predicted molar refractivity (Wildman–Crippen MR) is 93.7 cm³/mol. The summed E-state index contributed by atoms with van der Waals surface area (Å²) in [7, 11) is 0. The van der Waals surface area contributed by atoms with Crippen LogP contribution in [0.5, 0.6) is 0 Å². The van der Waals surface area contributed by atoms with Gasteiger partial charge in [-0.3, -0.25) is 9.69 Å². The lowest BCUT2D eigenvalue weighted by molar-refractivity contribution is -0.147. The van der Waals surface area contributed by atoms with Gasteiger partial charge in [-0.1, -0.05) is 6.92 Å². The molecule has 1 spiro atoms. The summed E-state index contributed by atoms with van der Waals surface area (Å²) >= 11 is 1.72. The van der Waals surface area contributed by atoms with Gasteiger partial charge in [0.1, 0.15) is 11.1 Å². The zero-order valence-electron chi connectivity index (χ0n) is 14.4. The van der Waals surface area contributed by atoms with Gasteiger partial charge in [0.05, 0.1) is 12.1 Å². The van der Waals surface area contributed by atoms with Crippen LogP contribution < -0.4 is 5.32 Å². The van der Waals surface area contributed by atoms with Gasteiger partial charge in [-0.25, -0.2) is 4.98 Å². The van der Waals surface area contributed by atoms with Gasteiger partial charge in [0.25, 0.3) is 0 Å². The Morgan fingerprint density at radius 2 is 2.33 bits per heavy atom. The molecule has 1 amide bonds. The molecule has 1 aromatic heterocycles. The van der Waals surface area contributed by atoms with Crippen LogP contribution in [0.25, 0.3) is 0 Å². The number of carbonyl (C=O) groups excluding carboxylic acids is 1. The molecular formula is C18H27N3O2S. The molecule has 0 radical (unpaired) electrons. The Balaban J connectivity index is 1.30. The molecule has 1 N–H and O–H groups in total. The van der Waals surface area contributed by atoms with Crippen molar-refractivity contribution in [3.63, 3.8) is 0 Å². The van der Waals surface area contributed by atoms with Crippen LogP contribution in [0.15, 0.2) is 11.6 Å². The molecule has 0 bridgehead atoms. The molecule has 1 saturated carbocycles. The Morgan fingerprint density at radius 1 is 1.46 bits per heavy atom. The molecule has 132 valence electrons. The average Bonchev–Trinajstić information content (AvgIpc) is 3.07. The standard InChI is InChI=1S/C18H27N3O2S/c1-13-11-21(12-16-19-7-9-24-16)8-6-18(13)5-4-15(23-18)17(22)20-10-14-2-3-14/h7,9,13-15H,2-6,8,10-12H2,1H3,(H,20,22)/t13-,15+,18+/m0/s1. The second-order valence-electron chi connectivity index (χ2n) is 7.71. The number of amides is 1. The Labute approximate surface area is 147 Å². The van der Waals surface area contributed by atoms with Gasteiger partial charge in [0.2, 0.25) is 5.91 Å². The number of carbonyl (C=O) groups is 1. The first kappa shape index (κ1) is 16.5. The lowest BCUT2D eigenvalue weighted by atomic mass is 9.80. The maximum absolute atomic E-state index is 12.3. The van der Waals surface area contributed by atoms with Crippen LogP contribution in [0.3, 0.4) is 0 Å². The van der Waals surface area contributed by atoms with E-state index >= 15 is 0 Å². The summed E-state index contributed by atoms with van der Waals surface area (Å²) in [6, 6.07) is 0. The van der Waals surface area contributed by atoms with Crippen molar-refractivity contribution in [2.45, 2.75) is 57.3 Å². The van der Waals surface area contributed by atoms with Crippen LogP contribution in [0.1, 0.15) is 44.0 Å². The number of nitrogens with zero attached hydrogens (tertiary/aromatic N) is 2. The van der Waals surface area contributed by atoms with E-state index in [0.29, 0.717) is 5.92 Å². The molecular weight excluding hydrogens is 322 g/mol. The average molecular weight is 350 g/mol. The largest absolute Gasteiger partial charge is 0.362 e. The fourth-order valence-electron chi connectivity index (χ4n) is 4.09. The first-order valence-corrected chi connectivity index (χ1v) is 10.1. The summed E-state index contributed by atoms with van der Waals surface area (Å²) < 4.78 is 6.35. The number of nitrogens with one attached hydrogen (secondary N) is 1. The van der Waals surface area contributed by atoms with E-state index in [1.54, 1.807) is 11.3 Å². The van der Waals surface area contributed by atoms with Crippen molar-refractivity contribution in [1.82, 2.24) is 15.2 Å². The third-order valence-corrected chi connectivity index (χ3v) is 6.65. The SMILES string of the molecule is C[C@H]1CN(Cc2nccs2)CC[C@]12CC[C@H](C(=O)NCC1CC1)O2. The molecule has 4 rings (SSSR count). The Morgan fingerprint density at radius 3 is 3.04 bits per heavy atom. The third-order valence-electron chi connectivity index (χ3n) is 5.88. The monoisotopic (exact) mass is 349 g/mol. The molecule has 2 saturated heterocycles. The van der Waals surface area contributed by atoms with Crippen molar-refractivity contribution in [1.29, 1.82) is 0 Å². The van der Waals surface area contributed by atoms with Crippen molar-refractivity contribution < 1.29 is 9.53 Å². The summed E-state index contributed by atoms with van der Waals surface area (Å²) in [5.74, 6) is 1.28. The highest BCUT2D eigenvalue weighted by Crippen LogP contribution is 2.42. The summed E-state index contributed by atoms with van der Waals surface area (Å²) in [6.45, 7) is 6.10. The molecule has 3 aliphatic rings. The Hall–Kier alpha value is -0.980. The van der Waals surface area contributed by atoms with Crippen molar-refractivity contribution in [3.05, 3.63) is 16.6 Å². The van der Waals surface area contributed by atoms with E-state index in [2.05, 4.69) is 22.1 Å². The fourth-order valence-corrected chi connectivity index (χ4v) is 4.75. The van der Waals surface area contributed by atoms with Gasteiger partial charge in [-0.05, 0) is 43.9 Å². The predicted octanol–water partition coefficient (Wildman–Crippen LogP) is 2.43. The summed E-state index contributed by atoms with van der Waals surface area (Å²) in [5, 5.41) is 6.30. The number of likely N-dealkylation sites (tertiary alicyclic amines) is 1. The lowest BCUT2D eigenvalue weighted by Gasteiger charge is -2.44. The van der Waals surface area contributed by atoms with E-state index in [9.17, 15) is 4.79 Å². The minimum atomic E-state index is -0.239. The molecule has 3 heterocycles. The molecule has 6 heteroatoms. The summed E-state index contributed by atoms with van der Waals surface area (Å²) in [4.78, 5) is 19.2. The zero-order valence-corrected chi connectivity index (χ0v) is 15.2. The number of thiazole rings is 1. The van der Waals surface area contributed by atoms with E-state index in [1.807, 2.05) is 11.6 Å². The van der Waals surface area contributed by atoms with Gasteiger partial charge in [0.15, 0.2) is 0 Å². The molecule has 24 heavy (non-hydrogen) atoms. The van der Waals surface area contributed by atoms with Gasteiger partial charge in [0, 0.05) is 31.2 Å². The van der Waals surface area contributed by atoms with Crippen LogP contribution in [-0.4, -0.2) is 47.1 Å². The van der Waals surface area contributed by atoms with Crippen LogP contribution in [0, 0.1) is 11.8 Å². The van der Waals surface area contributed by atoms with Crippen molar-refractivity contribution in [2.24, 2.45) is 11.8 Å². The maximum Gasteiger partial charge on any atom is 0.249 e. The lowest BCUT2D eigenvalue weighted by Crippen LogP contribution is -2.51. The van der Waals surface area contributed by atoms with Gasteiger partial charge < -0.3 is 10.1 Å². The second kappa shape index (κ2) is 6.73. The minimum Gasteiger partial charge on any atom is -0.362 e. The van der Waals surface area contributed by atoms with E-state index in [0.717, 1.165) is 51.4 Å². The van der Waals surface area contributed by atoms with Crippen LogP contribution in [0.2, 0.25) is 0 Å². The maximum atomic E-state index is 12.3. The molecule has 1 aromatic rings. The van der Waals surface area contributed by atoms with Gasteiger partial charge in [-0.2, -0.15) is 0 Å². The summed E-state index contributed by atoms with van der Waals surface area (Å²) in [5.41, 5.74) is -0.0963. The minimum absolute atomic E-state index is 0.0963. The van der Waals surface area contributed by atoms with E-state index in [4.69, 9.17) is 4.74 Å². The van der Waals surface area contributed by atoms with Crippen LogP contribution in [0.4, 0.5) is 0 Å². The molecule has 2 aliphatic heterocycles. The number of hydrogen-bond acceptors (Lipinski definition) is 5. The summed E-state index contributed by atoms with van der Waals surface area (Å²) in [6.07, 6.45) is 7.07. The number of rotatable bonds is 5. The molecule has 0 aromatic carbocycles. The van der Waals surface area contributed by atoms with Crippen LogP contribution in [-0.2, 0) is 16.1 Å². The number of hydrogen-bond donors (Lipinski definition) is 1. The third kappa shape index (κ3) is 3.51.